The minimum absolute atomic E-state index is 0.0859. The van der Waals surface area contributed by atoms with Crippen molar-refractivity contribution in [3.8, 4) is 11.5 Å². The molecule has 158 valence electrons. The smallest absolute Gasteiger partial charge is 0.162 e. The lowest BCUT2D eigenvalue weighted by Gasteiger charge is -2.40. The topological polar surface area (TPSA) is 58.6 Å². The number of hydrogen-bond acceptors (Lipinski definition) is 4. The largest absolute Gasteiger partial charge is 0.504 e. The van der Waals surface area contributed by atoms with Crippen molar-refractivity contribution in [3.63, 3.8) is 0 Å². The summed E-state index contributed by atoms with van der Waals surface area (Å²) < 4.78 is 5.61. The molecule has 0 saturated carbocycles. The molecular formula is C27H27NO3. The number of Topliss-reactive ketones (excluding diaryl/α,β-unsaturated/α-hetero) is 1. The van der Waals surface area contributed by atoms with Crippen molar-refractivity contribution in [2.45, 2.75) is 39.7 Å². The van der Waals surface area contributed by atoms with Crippen molar-refractivity contribution in [1.82, 2.24) is 0 Å². The van der Waals surface area contributed by atoms with Gasteiger partial charge in [-0.25, -0.2) is 0 Å². The summed E-state index contributed by atoms with van der Waals surface area (Å²) in [5, 5.41) is 16.1. The summed E-state index contributed by atoms with van der Waals surface area (Å²) in [6.07, 6.45) is 1.38. The van der Waals surface area contributed by atoms with Gasteiger partial charge in [0.2, 0.25) is 0 Å². The van der Waals surface area contributed by atoms with Crippen LogP contribution in [0.5, 0.6) is 11.5 Å². The van der Waals surface area contributed by atoms with Gasteiger partial charge in [-0.3, -0.25) is 4.79 Å². The standard InChI is InChI=1S/C27H27NO3/c1-4-31-23-13-17(10-12-21(23)29)26-25-19(14-27(2,3)15-22(25)30)24-18-8-6-5-7-16(18)9-11-20(24)28-26/h5-13,26,28-29H,4,14-15H2,1-3H3/t26-/m1/s1. The van der Waals surface area contributed by atoms with E-state index >= 15 is 0 Å². The molecule has 1 aliphatic carbocycles. The zero-order valence-corrected chi connectivity index (χ0v) is 18.2. The first-order valence-electron chi connectivity index (χ1n) is 10.9. The molecule has 0 radical (unpaired) electrons. The summed E-state index contributed by atoms with van der Waals surface area (Å²) in [6.45, 7) is 6.69. The van der Waals surface area contributed by atoms with Crippen LogP contribution >= 0.6 is 0 Å². The molecule has 0 amide bonds. The van der Waals surface area contributed by atoms with Crippen LogP contribution in [-0.2, 0) is 4.79 Å². The number of hydrogen-bond donors (Lipinski definition) is 2. The second-order valence-corrected chi connectivity index (χ2v) is 9.28. The van der Waals surface area contributed by atoms with Crippen molar-refractivity contribution in [2.75, 3.05) is 11.9 Å². The SMILES string of the molecule is CCOc1cc([C@H]2Nc3ccc4ccccc4c3C3=C2C(=O)CC(C)(C)C3)ccc1O. The average molecular weight is 414 g/mol. The Bertz CT molecular complexity index is 1240. The third kappa shape index (κ3) is 3.27. The molecule has 4 heteroatoms. The number of nitrogens with one attached hydrogen (secondary N) is 1. The molecule has 1 atom stereocenters. The summed E-state index contributed by atoms with van der Waals surface area (Å²) in [6, 6.07) is 17.7. The van der Waals surface area contributed by atoms with Gasteiger partial charge in [0.15, 0.2) is 17.3 Å². The van der Waals surface area contributed by atoms with E-state index < -0.39 is 0 Å². The number of allylic oxidation sites excluding steroid dienone is 1. The zero-order valence-electron chi connectivity index (χ0n) is 18.2. The van der Waals surface area contributed by atoms with E-state index in [-0.39, 0.29) is 23.0 Å². The summed E-state index contributed by atoms with van der Waals surface area (Å²) in [5.74, 6) is 0.739. The highest BCUT2D eigenvalue weighted by Crippen LogP contribution is 2.52. The summed E-state index contributed by atoms with van der Waals surface area (Å²) >= 11 is 0. The van der Waals surface area contributed by atoms with Gasteiger partial charge in [0, 0.05) is 23.2 Å². The molecule has 0 spiro atoms. The number of aromatic hydroxyl groups is 1. The lowest BCUT2D eigenvalue weighted by atomic mass is 9.68. The van der Waals surface area contributed by atoms with Crippen LogP contribution in [0.4, 0.5) is 5.69 Å². The lowest BCUT2D eigenvalue weighted by molar-refractivity contribution is -0.118. The van der Waals surface area contributed by atoms with Crippen molar-refractivity contribution in [3.05, 3.63) is 71.3 Å². The monoisotopic (exact) mass is 413 g/mol. The Hall–Kier alpha value is -3.27. The number of phenolic OH excluding ortho intramolecular Hbond substituents is 1. The number of carbonyl (C=O) groups is 1. The molecule has 1 heterocycles. The van der Waals surface area contributed by atoms with E-state index in [4.69, 9.17) is 4.74 Å². The molecular weight excluding hydrogens is 386 g/mol. The van der Waals surface area contributed by atoms with Crippen molar-refractivity contribution < 1.29 is 14.6 Å². The van der Waals surface area contributed by atoms with Gasteiger partial charge in [-0.1, -0.05) is 50.2 Å². The van der Waals surface area contributed by atoms with E-state index in [1.807, 2.05) is 25.1 Å². The van der Waals surface area contributed by atoms with Gasteiger partial charge in [-0.05, 0) is 58.9 Å². The molecule has 2 aliphatic rings. The fourth-order valence-electron chi connectivity index (χ4n) is 5.07. The van der Waals surface area contributed by atoms with E-state index in [1.54, 1.807) is 6.07 Å². The van der Waals surface area contributed by atoms with E-state index in [0.29, 0.717) is 18.8 Å². The maximum Gasteiger partial charge on any atom is 0.162 e. The summed E-state index contributed by atoms with van der Waals surface area (Å²) in [5.41, 5.74) is 5.00. The normalized spacial score (nSPS) is 19.6. The molecule has 4 nitrogen and oxygen atoms in total. The molecule has 0 saturated heterocycles. The summed E-state index contributed by atoms with van der Waals surface area (Å²) in [7, 11) is 0. The molecule has 1 aliphatic heterocycles. The van der Waals surface area contributed by atoms with Gasteiger partial charge in [-0.2, -0.15) is 0 Å². The molecule has 0 bridgehead atoms. The fourth-order valence-corrected chi connectivity index (χ4v) is 5.07. The van der Waals surface area contributed by atoms with Gasteiger partial charge >= 0.3 is 0 Å². The van der Waals surface area contributed by atoms with Crippen LogP contribution in [0.15, 0.2) is 60.2 Å². The number of carbonyl (C=O) groups excluding carboxylic acids is 1. The zero-order chi connectivity index (χ0) is 21.8. The average Bonchev–Trinajstić information content (AvgIpc) is 2.73. The number of ether oxygens (including phenoxy) is 1. The molecule has 3 aromatic carbocycles. The first kappa shape index (κ1) is 19.7. The van der Waals surface area contributed by atoms with E-state index in [9.17, 15) is 9.90 Å². The predicted octanol–water partition coefficient (Wildman–Crippen LogP) is 6.25. The van der Waals surface area contributed by atoms with Crippen molar-refractivity contribution in [1.29, 1.82) is 0 Å². The van der Waals surface area contributed by atoms with Crippen LogP contribution in [0.3, 0.4) is 0 Å². The van der Waals surface area contributed by atoms with E-state index in [2.05, 4.69) is 49.5 Å². The second-order valence-electron chi connectivity index (χ2n) is 9.28. The van der Waals surface area contributed by atoms with Crippen LogP contribution in [0.2, 0.25) is 0 Å². The highest BCUT2D eigenvalue weighted by atomic mass is 16.5. The van der Waals surface area contributed by atoms with Crippen LogP contribution in [0, 0.1) is 5.41 Å². The Morgan fingerprint density at radius 3 is 2.71 bits per heavy atom. The maximum atomic E-state index is 13.5. The van der Waals surface area contributed by atoms with Crippen molar-refractivity contribution >= 4 is 27.8 Å². The third-order valence-electron chi connectivity index (χ3n) is 6.36. The van der Waals surface area contributed by atoms with Gasteiger partial charge in [0.1, 0.15) is 0 Å². The number of anilines is 1. The molecule has 31 heavy (non-hydrogen) atoms. The van der Waals surface area contributed by atoms with Crippen LogP contribution in [-0.4, -0.2) is 17.5 Å². The van der Waals surface area contributed by atoms with E-state index in [1.165, 1.54) is 10.8 Å². The minimum atomic E-state index is -0.271. The summed E-state index contributed by atoms with van der Waals surface area (Å²) in [4.78, 5) is 13.5. The van der Waals surface area contributed by atoms with Gasteiger partial charge in [0.25, 0.3) is 0 Å². The first-order valence-corrected chi connectivity index (χ1v) is 10.9. The Kier molecular flexibility index (Phi) is 4.54. The number of rotatable bonds is 3. The molecule has 5 rings (SSSR count). The van der Waals surface area contributed by atoms with Gasteiger partial charge in [-0.15, -0.1) is 0 Å². The number of fused-ring (bicyclic) bond motifs is 4. The Morgan fingerprint density at radius 1 is 1.10 bits per heavy atom. The minimum Gasteiger partial charge on any atom is -0.504 e. The number of ketones is 1. The second kappa shape index (κ2) is 7.16. The quantitative estimate of drug-likeness (QED) is 0.532. The van der Waals surface area contributed by atoms with Crippen molar-refractivity contribution in [2.24, 2.45) is 5.41 Å². The van der Waals surface area contributed by atoms with Gasteiger partial charge in [0.05, 0.1) is 12.6 Å². The third-order valence-corrected chi connectivity index (χ3v) is 6.36. The highest BCUT2D eigenvalue weighted by Gasteiger charge is 2.40. The van der Waals surface area contributed by atoms with Crippen LogP contribution in [0.25, 0.3) is 16.3 Å². The maximum absolute atomic E-state index is 13.5. The Balaban J connectivity index is 1.75. The molecule has 2 N–H and O–H groups in total. The predicted molar refractivity (Wildman–Crippen MR) is 125 cm³/mol. The molecule has 0 fully saturated rings. The number of phenols is 1. The van der Waals surface area contributed by atoms with Gasteiger partial charge < -0.3 is 15.2 Å². The fraction of sp³-hybridized carbons (Fsp3) is 0.296. The number of benzene rings is 3. The Morgan fingerprint density at radius 2 is 1.90 bits per heavy atom. The van der Waals surface area contributed by atoms with E-state index in [0.717, 1.165) is 34.4 Å². The first-order chi connectivity index (χ1) is 14.9. The lowest BCUT2D eigenvalue weighted by Crippen LogP contribution is -2.33. The molecule has 0 aromatic heterocycles. The van der Waals surface area contributed by atoms with Crippen LogP contribution in [0.1, 0.15) is 50.8 Å². The molecule has 3 aromatic rings. The highest BCUT2D eigenvalue weighted by molar-refractivity contribution is 6.12. The molecule has 0 unspecified atom stereocenters. The Labute approximate surface area is 182 Å². The van der Waals surface area contributed by atoms with Crippen LogP contribution < -0.4 is 10.1 Å².